The number of benzene rings is 2. The van der Waals surface area contributed by atoms with Gasteiger partial charge >= 0.3 is 0 Å². The molecule has 1 atom stereocenters. The quantitative estimate of drug-likeness (QED) is 0.886. The molecule has 0 spiro atoms. The lowest BCUT2D eigenvalue weighted by molar-refractivity contribution is 0.180. The van der Waals surface area contributed by atoms with Crippen molar-refractivity contribution in [3.8, 4) is 0 Å². The van der Waals surface area contributed by atoms with Crippen molar-refractivity contribution in [2.75, 3.05) is 13.1 Å². The van der Waals surface area contributed by atoms with Gasteiger partial charge in [-0.3, -0.25) is 4.90 Å². The maximum Gasteiger partial charge on any atom is 0.0222 e. The third-order valence-electron chi connectivity index (χ3n) is 4.79. The molecule has 0 bridgehead atoms. The van der Waals surface area contributed by atoms with Crippen LogP contribution < -0.4 is 5.73 Å². The molecule has 0 unspecified atom stereocenters. The highest BCUT2D eigenvalue weighted by atomic mass is 15.2. The first kappa shape index (κ1) is 15.3. The molecule has 2 nitrogen and oxygen atoms in total. The first-order chi connectivity index (χ1) is 10.9. The predicted molar refractivity (Wildman–Crippen MR) is 92.9 cm³/mol. The standard InChI is InChI=1S/C20H26N2/c21-16-19-12-7-13-22(19)20(14-17-8-3-1-4-9-17)15-18-10-5-2-6-11-18/h1-6,8-11,19-20H,7,12-16,21H2/t19-/m0/s1. The normalized spacial score (nSPS) is 18.9. The van der Waals surface area contributed by atoms with Crippen molar-refractivity contribution in [3.05, 3.63) is 71.8 Å². The van der Waals surface area contributed by atoms with Crippen molar-refractivity contribution in [3.63, 3.8) is 0 Å². The van der Waals surface area contributed by atoms with Crippen LogP contribution in [-0.2, 0) is 12.8 Å². The van der Waals surface area contributed by atoms with Crippen LogP contribution in [0.1, 0.15) is 24.0 Å². The van der Waals surface area contributed by atoms with Gasteiger partial charge in [0.25, 0.3) is 0 Å². The van der Waals surface area contributed by atoms with Crippen LogP contribution in [-0.4, -0.2) is 30.1 Å². The summed E-state index contributed by atoms with van der Waals surface area (Å²) in [7, 11) is 0. The molecule has 2 N–H and O–H groups in total. The number of likely N-dealkylation sites (tertiary alicyclic amines) is 1. The molecule has 22 heavy (non-hydrogen) atoms. The van der Waals surface area contributed by atoms with Crippen LogP contribution in [0.4, 0.5) is 0 Å². The number of rotatable bonds is 6. The van der Waals surface area contributed by atoms with E-state index in [1.165, 1.54) is 30.5 Å². The summed E-state index contributed by atoms with van der Waals surface area (Å²) in [6, 6.07) is 22.8. The Morgan fingerprint density at radius 3 is 1.95 bits per heavy atom. The van der Waals surface area contributed by atoms with E-state index in [1.807, 2.05) is 0 Å². The average molecular weight is 294 g/mol. The van der Waals surface area contributed by atoms with Crippen molar-refractivity contribution in [2.45, 2.75) is 37.8 Å². The maximum absolute atomic E-state index is 6.01. The average Bonchev–Trinajstić information content (AvgIpc) is 3.05. The molecule has 1 aliphatic rings. The molecule has 116 valence electrons. The van der Waals surface area contributed by atoms with Gasteiger partial charge in [-0.25, -0.2) is 0 Å². The second kappa shape index (κ2) is 7.57. The Morgan fingerprint density at radius 2 is 1.45 bits per heavy atom. The first-order valence-electron chi connectivity index (χ1n) is 8.40. The molecular formula is C20H26N2. The Hall–Kier alpha value is -1.64. The summed E-state index contributed by atoms with van der Waals surface area (Å²) >= 11 is 0. The highest BCUT2D eigenvalue weighted by Gasteiger charge is 2.29. The van der Waals surface area contributed by atoms with E-state index in [0.29, 0.717) is 12.1 Å². The van der Waals surface area contributed by atoms with E-state index in [2.05, 4.69) is 65.6 Å². The van der Waals surface area contributed by atoms with Gasteiger partial charge in [-0.15, -0.1) is 0 Å². The molecule has 2 aromatic rings. The monoisotopic (exact) mass is 294 g/mol. The summed E-state index contributed by atoms with van der Waals surface area (Å²) < 4.78 is 0. The Bertz CT molecular complexity index is 511. The predicted octanol–water partition coefficient (Wildman–Crippen LogP) is 3.26. The molecule has 0 aliphatic carbocycles. The van der Waals surface area contributed by atoms with Crippen LogP contribution in [0.5, 0.6) is 0 Å². The van der Waals surface area contributed by atoms with Gasteiger partial charge in [-0.1, -0.05) is 60.7 Å². The number of nitrogens with two attached hydrogens (primary N) is 1. The van der Waals surface area contributed by atoms with Crippen molar-refractivity contribution >= 4 is 0 Å². The third kappa shape index (κ3) is 3.76. The second-order valence-corrected chi connectivity index (χ2v) is 6.30. The lowest BCUT2D eigenvalue weighted by Gasteiger charge is -2.33. The van der Waals surface area contributed by atoms with E-state index in [4.69, 9.17) is 5.73 Å². The fourth-order valence-electron chi connectivity index (χ4n) is 3.67. The SMILES string of the molecule is NC[C@@H]1CCCN1C(Cc1ccccc1)Cc1ccccc1. The molecular weight excluding hydrogens is 268 g/mol. The lowest BCUT2D eigenvalue weighted by atomic mass is 9.97. The Kier molecular flexibility index (Phi) is 5.25. The number of hydrogen-bond acceptors (Lipinski definition) is 2. The van der Waals surface area contributed by atoms with Gasteiger partial charge < -0.3 is 5.73 Å². The minimum atomic E-state index is 0.542. The molecule has 0 amide bonds. The maximum atomic E-state index is 6.01. The fourth-order valence-corrected chi connectivity index (χ4v) is 3.67. The molecule has 0 saturated carbocycles. The van der Waals surface area contributed by atoms with Gasteiger partial charge in [0.05, 0.1) is 0 Å². The lowest BCUT2D eigenvalue weighted by Crippen LogP contribution is -2.45. The van der Waals surface area contributed by atoms with E-state index < -0.39 is 0 Å². The van der Waals surface area contributed by atoms with Crippen LogP contribution >= 0.6 is 0 Å². The molecule has 1 saturated heterocycles. The zero-order valence-electron chi connectivity index (χ0n) is 13.2. The highest BCUT2D eigenvalue weighted by molar-refractivity contribution is 5.20. The number of nitrogens with zero attached hydrogens (tertiary/aromatic N) is 1. The van der Waals surface area contributed by atoms with E-state index in [0.717, 1.165) is 19.4 Å². The number of hydrogen-bond donors (Lipinski definition) is 1. The van der Waals surface area contributed by atoms with Crippen LogP contribution in [0.2, 0.25) is 0 Å². The van der Waals surface area contributed by atoms with Gasteiger partial charge in [0.1, 0.15) is 0 Å². The van der Waals surface area contributed by atoms with Crippen molar-refractivity contribution in [2.24, 2.45) is 5.73 Å². The fraction of sp³-hybridized carbons (Fsp3) is 0.400. The summed E-state index contributed by atoms with van der Waals surface area (Å²) in [5, 5.41) is 0. The second-order valence-electron chi connectivity index (χ2n) is 6.30. The molecule has 3 rings (SSSR count). The topological polar surface area (TPSA) is 29.3 Å². The van der Waals surface area contributed by atoms with E-state index in [9.17, 15) is 0 Å². The molecule has 0 aromatic heterocycles. The molecule has 0 radical (unpaired) electrons. The molecule has 1 aliphatic heterocycles. The zero-order chi connectivity index (χ0) is 15.2. The van der Waals surface area contributed by atoms with Crippen LogP contribution in [0, 0.1) is 0 Å². The van der Waals surface area contributed by atoms with E-state index in [1.54, 1.807) is 0 Å². The molecule has 2 aromatic carbocycles. The van der Waals surface area contributed by atoms with Gasteiger partial charge in [0, 0.05) is 18.6 Å². The summed E-state index contributed by atoms with van der Waals surface area (Å²) in [5.41, 5.74) is 8.85. The van der Waals surface area contributed by atoms with E-state index in [-0.39, 0.29) is 0 Å². The third-order valence-corrected chi connectivity index (χ3v) is 4.79. The minimum Gasteiger partial charge on any atom is -0.329 e. The zero-order valence-corrected chi connectivity index (χ0v) is 13.2. The summed E-state index contributed by atoms with van der Waals surface area (Å²) in [6.45, 7) is 1.96. The Labute approximate surface area is 134 Å². The summed E-state index contributed by atoms with van der Waals surface area (Å²) in [5.74, 6) is 0. The van der Waals surface area contributed by atoms with Crippen molar-refractivity contribution < 1.29 is 0 Å². The summed E-state index contributed by atoms with van der Waals surface area (Å²) in [6.07, 6.45) is 4.73. The van der Waals surface area contributed by atoms with Gasteiger partial charge in [0.15, 0.2) is 0 Å². The van der Waals surface area contributed by atoms with Crippen LogP contribution in [0.15, 0.2) is 60.7 Å². The smallest absolute Gasteiger partial charge is 0.0222 e. The Morgan fingerprint density at radius 1 is 0.909 bits per heavy atom. The van der Waals surface area contributed by atoms with Gasteiger partial charge in [-0.05, 0) is 43.4 Å². The minimum absolute atomic E-state index is 0.542. The highest BCUT2D eigenvalue weighted by Crippen LogP contribution is 2.24. The first-order valence-corrected chi connectivity index (χ1v) is 8.40. The summed E-state index contributed by atoms with van der Waals surface area (Å²) in [4.78, 5) is 2.65. The van der Waals surface area contributed by atoms with Crippen LogP contribution in [0.25, 0.3) is 0 Å². The molecule has 1 heterocycles. The molecule has 2 heteroatoms. The van der Waals surface area contributed by atoms with E-state index >= 15 is 0 Å². The van der Waals surface area contributed by atoms with Gasteiger partial charge in [0.2, 0.25) is 0 Å². The molecule has 1 fully saturated rings. The van der Waals surface area contributed by atoms with Crippen LogP contribution in [0.3, 0.4) is 0 Å². The van der Waals surface area contributed by atoms with Crippen molar-refractivity contribution in [1.29, 1.82) is 0 Å². The van der Waals surface area contributed by atoms with Gasteiger partial charge in [-0.2, -0.15) is 0 Å². The van der Waals surface area contributed by atoms with Crippen molar-refractivity contribution in [1.82, 2.24) is 4.90 Å². The Balaban J connectivity index is 1.78. The largest absolute Gasteiger partial charge is 0.329 e.